The third kappa shape index (κ3) is 4.66. The Hall–Kier alpha value is -2.66. The Kier molecular flexibility index (Phi) is 5.88. The molecular formula is C15H16FN5OS. The number of nitrogens with one attached hydrogen (secondary N) is 3. The lowest BCUT2D eigenvalue weighted by Crippen LogP contribution is -2.39. The first-order valence-corrected chi connectivity index (χ1v) is 7.86. The van der Waals surface area contributed by atoms with Crippen LogP contribution in [0.3, 0.4) is 0 Å². The van der Waals surface area contributed by atoms with E-state index in [4.69, 9.17) is 5.26 Å². The fraction of sp³-hybridized carbons (Fsp3) is 0.267. The van der Waals surface area contributed by atoms with Gasteiger partial charge in [0.05, 0.1) is 11.7 Å². The third-order valence-electron chi connectivity index (χ3n) is 3.02. The van der Waals surface area contributed by atoms with Gasteiger partial charge in [-0.3, -0.25) is 0 Å². The zero-order valence-corrected chi connectivity index (χ0v) is 13.3. The molecule has 8 heteroatoms. The zero-order chi connectivity index (χ0) is 16.7. The predicted octanol–water partition coefficient (Wildman–Crippen LogP) is 2.63. The number of carbonyl (C=O) groups is 1. The number of anilines is 1. The minimum absolute atomic E-state index is 0.0330. The summed E-state index contributed by atoms with van der Waals surface area (Å²) in [6.07, 6.45) is 1.69. The van der Waals surface area contributed by atoms with Gasteiger partial charge in [0.25, 0.3) is 0 Å². The summed E-state index contributed by atoms with van der Waals surface area (Å²) < 4.78 is 13.4. The van der Waals surface area contributed by atoms with E-state index in [1.165, 1.54) is 23.5 Å². The Morgan fingerprint density at radius 3 is 3.00 bits per heavy atom. The van der Waals surface area contributed by atoms with Crippen molar-refractivity contribution in [3.05, 3.63) is 46.2 Å². The molecule has 0 spiro atoms. The van der Waals surface area contributed by atoms with E-state index in [2.05, 4.69) is 20.9 Å². The number of rotatable bonds is 6. The maximum Gasteiger partial charge on any atom is 0.315 e. The van der Waals surface area contributed by atoms with E-state index in [0.29, 0.717) is 18.8 Å². The molecule has 0 aliphatic heterocycles. The summed E-state index contributed by atoms with van der Waals surface area (Å²) in [7, 11) is 0. The minimum Gasteiger partial charge on any atom is -0.382 e. The van der Waals surface area contributed by atoms with Crippen LogP contribution in [0.5, 0.6) is 0 Å². The Labute approximate surface area is 137 Å². The van der Waals surface area contributed by atoms with Crippen molar-refractivity contribution in [1.29, 1.82) is 5.26 Å². The fourth-order valence-corrected chi connectivity index (χ4v) is 2.56. The van der Waals surface area contributed by atoms with Crippen molar-refractivity contribution < 1.29 is 9.18 Å². The van der Waals surface area contributed by atoms with E-state index in [0.717, 1.165) is 5.01 Å². The molecule has 1 aromatic carbocycles. The lowest BCUT2D eigenvalue weighted by molar-refractivity contribution is 0.238. The van der Waals surface area contributed by atoms with Crippen molar-refractivity contribution in [3.63, 3.8) is 0 Å². The van der Waals surface area contributed by atoms with Gasteiger partial charge in [0.1, 0.15) is 22.5 Å². The van der Waals surface area contributed by atoms with E-state index in [-0.39, 0.29) is 17.6 Å². The Bertz CT molecular complexity index is 698. The van der Waals surface area contributed by atoms with Crippen molar-refractivity contribution in [2.75, 3.05) is 18.4 Å². The molecule has 0 radical (unpaired) electrons. The molecule has 0 aliphatic rings. The summed E-state index contributed by atoms with van der Waals surface area (Å²) in [6.45, 7) is 2.55. The number of nitrogens with zero attached hydrogens (tertiary/aromatic N) is 2. The molecule has 2 aromatic rings. The summed E-state index contributed by atoms with van der Waals surface area (Å²) in [6, 6.07) is 5.70. The van der Waals surface area contributed by atoms with E-state index in [1.807, 2.05) is 18.4 Å². The highest BCUT2D eigenvalue weighted by Crippen LogP contribution is 2.17. The van der Waals surface area contributed by atoms with Gasteiger partial charge < -0.3 is 16.0 Å². The van der Waals surface area contributed by atoms with Crippen molar-refractivity contribution in [2.45, 2.75) is 13.0 Å². The van der Waals surface area contributed by atoms with Gasteiger partial charge in [-0.1, -0.05) is 6.07 Å². The standard InChI is InChI=1S/C15H16FN5OS/c1-10(14-19-7-8-23-14)21-15(22)20-6-5-18-13-4-2-3-12(16)11(13)9-17/h2-4,7-8,10,18H,5-6H2,1H3,(H2,20,21,22)/t10-/m0/s1. The first kappa shape index (κ1) is 16.7. The third-order valence-corrected chi connectivity index (χ3v) is 3.98. The predicted molar refractivity (Wildman–Crippen MR) is 86.7 cm³/mol. The number of aromatic nitrogens is 1. The first-order chi connectivity index (χ1) is 11.1. The smallest absolute Gasteiger partial charge is 0.315 e. The van der Waals surface area contributed by atoms with Crippen molar-refractivity contribution >= 4 is 23.1 Å². The van der Waals surface area contributed by atoms with Crippen LogP contribution >= 0.6 is 11.3 Å². The number of urea groups is 1. The molecular weight excluding hydrogens is 317 g/mol. The topological polar surface area (TPSA) is 89.8 Å². The highest BCUT2D eigenvalue weighted by Gasteiger charge is 2.11. The molecule has 23 heavy (non-hydrogen) atoms. The number of thiazole rings is 1. The number of amides is 2. The van der Waals surface area contributed by atoms with Gasteiger partial charge in [0, 0.05) is 24.7 Å². The minimum atomic E-state index is -0.569. The van der Waals surface area contributed by atoms with Gasteiger partial charge in [-0.15, -0.1) is 11.3 Å². The molecule has 1 atom stereocenters. The second-order valence-electron chi connectivity index (χ2n) is 4.69. The second-order valence-corrected chi connectivity index (χ2v) is 5.62. The highest BCUT2D eigenvalue weighted by molar-refractivity contribution is 7.09. The molecule has 120 valence electrons. The van der Waals surface area contributed by atoms with Crippen LogP contribution in [-0.4, -0.2) is 24.1 Å². The molecule has 0 saturated carbocycles. The molecule has 0 unspecified atom stereocenters. The van der Waals surface area contributed by atoms with Crippen LogP contribution in [0, 0.1) is 17.1 Å². The number of benzene rings is 1. The van der Waals surface area contributed by atoms with E-state index in [1.54, 1.807) is 12.3 Å². The summed E-state index contributed by atoms with van der Waals surface area (Å²) in [5, 5.41) is 20.0. The van der Waals surface area contributed by atoms with Gasteiger partial charge in [0.2, 0.25) is 0 Å². The molecule has 0 aliphatic carbocycles. The normalized spacial score (nSPS) is 11.3. The SMILES string of the molecule is C[C@H](NC(=O)NCCNc1cccc(F)c1C#N)c1nccs1. The van der Waals surface area contributed by atoms with Crippen LogP contribution in [-0.2, 0) is 0 Å². The van der Waals surface area contributed by atoms with Crippen LogP contribution in [0.2, 0.25) is 0 Å². The van der Waals surface area contributed by atoms with Gasteiger partial charge in [-0.2, -0.15) is 5.26 Å². The van der Waals surface area contributed by atoms with Crippen molar-refractivity contribution in [1.82, 2.24) is 15.6 Å². The maximum atomic E-state index is 13.4. The first-order valence-electron chi connectivity index (χ1n) is 6.98. The number of hydrogen-bond acceptors (Lipinski definition) is 5. The monoisotopic (exact) mass is 333 g/mol. The maximum absolute atomic E-state index is 13.4. The van der Waals surface area contributed by atoms with E-state index < -0.39 is 5.82 Å². The quantitative estimate of drug-likeness (QED) is 0.709. The Balaban J connectivity index is 1.74. The van der Waals surface area contributed by atoms with Gasteiger partial charge in [-0.05, 0) is 19.1 Å². The van der Waals surface area contributed by atoms with Crippen LogP contribution in [0.15, 0.2) is 29.8 Å². The van der Waals surface area contributed by atoms with E-state index in [9.17, 15) is 9.18 Å². The number of nitriles is 1. The fourth-order valence-electron chi connectivity index (χ4n) is 1.92. The van der Waals surface area contributed by atoms with Crippen LogP contribution in [0.4, 0.5) is 14.9 Å². The Morgan fingerprint density at radius 2 is 2.30 bits per heavy atom. The average Bonchev–Trinajstić information content (AvgIpc) is 3.06. The number of halogens is 1. The highest BCUT2D eigenvalue weighted by atomic mass is 32.1. The zero-order valence-electron chi connectivity index (χ0n) is 12.5. The van der Waals surface area contributed by atoms with Crippen LogP contribution in [0.1, 0.15) is 23.5 Å². The van der Waals surface area contributed by atoms with Crippen molar-refractivity contribution in [3.8, 4) is 6.07 Å². The Morgan fingerprint density at radius 1 is 1.48 bits per heavy atom. The summed E-state index contributed by atoms with van der Waals surface area (Å²) >= 11 is 1.47. The molecule has 0 bridgehead atoms. The van der Waals surface area contributed by atoms with E-state index >= 15 is 0 Å². The van der Waals surface area contributed by atoms with Crippen molar-refractivity contribution in [2.24, 2.45) is 0 Å². The lowest BCUT2D eigenvalue weighted by Gasteiger charge is -2.13. The second kappa shape index (κ2) is 8.10. The van der Waals surface area contributed by atoms with Gasteiger partial charge >= 0.3 is 6.03 Å². The summed E-state index contributed by atoms with van der Waals surface area (Å²) in [5.74, 6) is -0.569. The van der Waals surface area contributed by atoms with Gasteiger partial charge in [0.15, 0.2) is 0 Å². The molecule has 1 heterocycles. The summed E-state index contributed by atoms with van der Waals surface area (Å²) in [4.78, 5) is 15.9. The van der Waals surface area contributed by atoms with Crippen LogP contribution < -0.4 is 16.0 Å². The molecule has 1 aromatic heterocycles. The molecule has 3 N–H and O–H groups in total. The molecule has 0 fully saturated rings. The number of hydrogen-bond donors (Lipinski definition) is 3. The molecule has 2 rings (SSSR count). The molecule has 2 amide bonds. The number of carbonyl (C=O) groups excluding carboxylic acids is 1. The van der Waals surface area contributed by atoms with Gasteiger partial charge in [-0.25, -0.2) is 14.2 Å². The lowest BCUT2D eigenvalue weighted by atomic mass is 10.2. The van der Waals surface area contributed by atoms with Crippen LogP contribution in [0.25, 0.3) is 0 Å². The molecule has 0 saturated heterocycles. The largest absolute Gasteiger partial charge is 0.382 e. The molecule has 6 nitrogen and oxygen atoms in total. The summed E-state index contributed by atoms with van der Waals surface area (Å²) in [5.41, 5.74) is 0.375. The average molecular weight is 333 g/mol.